The third-order valence-corrected chi connectivity index (χ3v) is 4.21. The van der Waals surface area contributed by atoms with Crippen LogP contribution >= 0.6 is 0 Å². The van der Waals surface area contributed by atoms with Crippen LogP contribution in [0.4, 0.5) is 0 Å². The van der Waals surface area contributed by atoms with Gasteiger partial charge in [-0.25, -0.2) is 4.98 Å². The van der Waals surface area contributed by atoms with Crippen molar-refractivity contribution in [1.29, 1.82) is 0 Å². The number of aromatic amines is 1. The van der Waals surface area contributed by atoms with Crippen LogP contribution in [-0.4, -0.2) is 45.8 Å². The van der Waals surface area contributed by atoms with Crippen molar-refractivity contribution in [2.75, 3.05) is 13.1 Å². The summed E-state index contributed by atoms with van der Waals surface area (Å²) in [5.41, 5.74) is 0.619. The molecular weight excluding hydrogens is 324 g/mol. The minimum atomic E-state index is -0.364. The Kier molecular flexibility index (Phi) is 4.97. The predicted molar refractivity (Wildman–Crippen MR) is 89.1 cm³/mol. The minimum absolute atomic E-state index is 0.0353. The maximum atomic E-state index is 12.2. The molecule has 0 saturated carbocycles. The van der Waals surface area contributed by atoms with Crippen LogP contribution in [0.3, 0.4) is 0 Å². The molecule has 0 atom stereocenters. The van der Waals surface area contributed by atoms with E-state index < -0.39 is 0 Å². The Balaban J connectivity index is 1.51. The van der Waals surface area contributed by atoms with Crippen molar-refractivity contribution in [2.24, 2.45) is 0 Å². The van der Waals surface area contributed by atoms with E-state index in [0.717, 1.165) is 5.56 Å². The highest BCUT2D eigenvalue weighted by atomic mass is 16.3. The van der Waals surface area contributed by atoms with Crippen LogP contribution < -0.4 is 10.9 Å². The van der Waals surface area contributed by atoms with Crippen LogP contribution in [0.25, 0.3) is 0 Å². The fourth-order valence-electron chi connectivity index (χ4n) is 2.91. The summed E-state index contributed by atoms with van der Waals surface area (Å²) >= 11 is 0. The largest absolute Gasteiger partial charge is 0.472 e. The van der Waals surface area contributed by atoms with E-state index in [9.17, 15) is 14.4 Å². The standard InChI is InChI=1S/C17H20N4O4/c1-11-18-14(9-15(22)19-11)17(24)20-13-2-5-21(6-3-13)16(23)8-12-4-7-25-10-12/h4,7,9-10,13H,2-3,5-6,8H2,1H3,(H,20,24)(H,18,19,22). The van der Waals surface area contributed by atoms with Gasteiger partial charge in [0.25, 0.3) is 11.5 Å². The number of hydrogen-bond donors (Lipinski definition) is 2. The molecule has 132 valence electrons. The van der Waals surface area contributed by atoms with Gasteiger partial charge in [0, 0.05) is 25.2 Å². The van der Waals surface area contributed by atoms with Crippen LogP contribution in [0.5, 0.6) is 0 Å². The van der Waals surface area contributed by atoms with Crippen molar-refractivity contribution in [3.05, 3.63) is 52.1 Å². The molecule has 2 amide bonds. The first kappa shape index (κ1) is 16.9. The zero-order chi connectivity index (χ0) is 17.8. The number of nitrogens with zero attached hydrogens (tertiary/aromatic N) is 2. The Morgan fingerprint density at radius 3 is 2.80 bits per heavy atom. The average Bonchev–Trinajstić information content (AvgIpc) is 3.07. The lowest BCUT2D eigenvalue weighted by Gasteiger charge is -2.32. The Hall–Kier alpha value is -2.90. The van der Waals surface area contributed by atoms with E-state index in [2.05, 4.69) is 15.3 Å². The molecule has 8 heteroatoms. The molecule has 0 spiro atoms. The Morgan fingerprint density at radius 1 is 1.40 bits per heavy atom. The Morgan fingerprint density at radius 2 is 2.16 bits per heavy atom. The summed E-state index contributed by atoms with van der Waals surface area (Å²) in [5, 5.41) is 2.89. The third-order valence-electron chi connectivity index (χ3n) is 4.21. The molecule has 0 unspecified atom stereocenters. The number of rotatable bonds is 4. The second-order valence-electron chi connectivity index (χ2n) is 6.15. The number of aryl methyl sites for hydroxylation is 1. The zero-order valence-electron chi connectivity index (χ0n) is 13.9. The summed E-state index contributed by atoms with van der Waals surface area (Å²) in [4.78, 5) is 44.2. The van der Waals surface area contributed by atoms with Crippen molar-refractivity contribution in [3.63, 3.8) is 0 Å². The number of H-pyrrole nitrogens is 1. The molecule has 1 aliphatic heterocycles. The van der Waals surface area contributed by atoms with Gasteiger partial charge in [-0.15, -0.1) is 0 Å². The Labute approximate surface area is 144 Å². The third kappa shape index (κ3) is 4.34. The summed E-state index contributed by atoms with van der Waals surface area (Å²) in [6.07, 6.45) is 4.79. The summed E-state index contributed by atoms with van der Waals surface area (Å²) in [6.45, 7) is 2.80. The maximum absolute atomic E-state index is 12.2. The first-order valence-electron chi connectivity index (χ1n) is 8.19. The highest BCUT2D eigenvalue weighted by Crippen LogP contribution is 2.13. The summed E-state index contributed by atoms with van der Waals surface area (Å²) in [7, 11) is 0. The molecular formula is C17H20N4O4. The van der Waals surface area contributed by atoms with Gasteiger partial charge < -0.3 is 19.6 Å². The first-order valence-corrected chi connectivity index (χ1v) is 8.19. The van der Waals surface area contributed by atoms with Crippen LogP contribution in [0.2, 0.25) is 0 Å². The molecule has 1 aliphatic rings. The molecule has 25 heavy (non-hydrogen) atoms. The number of carbonyl (C=O) groups is 2. The zero-order valence-corrected chi connectivity index (χ0v) is 13.9. The van der Waals surface area contributed by atoms with Gasteiger partial charge in [0.2, 0.25) is 5.91 Å². The van der Waals surface area contributed by atoms with E-state index >= 15 is 0 Å². The smallest absolute Gasteiger partial charge is 0.270 e. The maximum Gasteiger partial charge on any atom is 0.270 e. The lowest BCUT2D eigenvalue weighted by Crippen LogP contribution is -2.47. The molecule has 0 radical (unpaired) electrons. The quantitative estimate of drug-likeness (QED) is 0.846. The molecule has 0 bridgehead atoms. The topological polar surface area (TPSA) is 108 Å². The van der Waals surface area contributed by atoms with Gasteiger partial charge in [-0.05, 0) is 31.4 Å². The van der Waals surface area contributed by atoms with E-state index in [1.807, 2.05) is 0 Å². The molecule has 1 fully saturated rings. The van der Waals surface area contributed by atoms with E-state index in [0.29, 0.717) is 38.2 Å². The lowest BCUT2D eigenvalue weighted by atomic mass is 10.0. The minimum Gasteiger partial charge on any atom is -0.472 e. The number of likely N-dealkylation sites (tertiary alicyclic amines) is 1. The van der Waals surface area contributed by atoms with E-state index in [-0.39, 0.29) is 29.1 Å². The normalized spacial score (nSPS) is 15.2. The SMILES string of the molecule is Cc1nc(C(=O)NC2CCN(C(=O)Cc3ccoc3)CC2)cc(=O)[nH]1. The number of amides is 2. The van der Waals surface area contributed by atoms with Gasteiger partial charge >= 0.3 is 0 Å². The second kappa shape index (κ2) is 7.33. The number of nitrogens with one attached hydrogen (secondary N) is 2. The summed E-state index contributed by atoms with van der Waals surface area (Å²) < 4.78 is 4.97. The van der Waals surface area contributed by atoms with Gasteiger partial charge in [-0.2, -0.15) is 0 Å². The highest BCUT2D eigenvalue weighted by molar-refractivity contribution is 5.92. The summed E-state index contributed by atoms with van der Waals surface area (Å²) in [6, 6.07) is 2.93. The van der Waals surface area contributed by atoms with Gasteiger partial charge in [0.15, 0.2) is 0 Å². The van der Waals surface area contributed by atoms with Crippen molar-refractivity contribution >= 4 is 11.8 Å². The van der Waals surface area contributed by atoms with Crippen molar-refractivity contribution < 1.29 is 14.0 Å². The molecule has 8 nitrogen and oxygen atoms in total. The molecule has 1 saturated heterocycles. The fourth-order valence-corrected chi connectivity index (χ4v) is 2.91. The van der Waals surface area contributed by atoms with E-state index in [4.69, 9.17) is 4.42 Å². The van der Waals surface area contributed by atoms with E-state index in [1.165, 1.54) is 6.07 Å². The van der Waals surface area contributed by atoms with Crippen molar-refractivity contribution in [1.82, 2.24) is 20.2 Å². The van der Waals surface area contributed by atoms with Crippen LogP contribution in [0.15, 0.2) is 33.9 Å². The summed E-state index contributed by atoms with van der Waals surface area (Å²) in [5.74, 6) is 0.0905. The highest BCUT2D eigenvalue weighted by Gasteiger charge is 2.24. The van der Waals surface area contributed by atoms with Crippen molar-refractivity contribution in [2.45, 2.75) is 32.2 Å². The van der Waals surface area contributed by atoms with Crippen LogP contribution in [0.1, 0.15) is 34.7 Å². The van der Waals surface area contributed by atoms with Gasteiger partial charge in [0.1, 0.15) is 11.5 Å². The number of piperidine rings is 1. The predicted octanol–water partition coefficient (Wildman–Crippen LogP) is 0.635. The van der Waals surface area contributed by atoms with Gasteiger partial charge in [0.05, 0.1) is 18.9 Å². The molecule has 3 heterocycles. The monoisotopic (exact) mass is 344 g/mol. The molecule has 2 aromatic heterocycles. The van der Waals surface area contributed by atoms with Crippen molar-refractivity contribution in [3.8, 4) is 0 Å². The molecule has 2 N–H and O–H groups in total. The molecule has 0 aromatic carbocycles. The van der Waals surface area contributed by atoms with Gasteiger partial charge in [-0.1, -0.05) is 0 Å². The lowest BCUT2D eigenvalue weighted by molar-refractivity contribution is -0.131. The number of aromatic nitrogens is 2. The average molecular weight is 344 g/mol. The van der Waals surface area contributed by atoms with Crippen LogP contribution in [-0.2, 0) is 11.2 Å². The molecule has 2 aromatic rings. The Bertz CT molecular complexity index is 804. The van der Waals surface area contributed by atoms with Gasteiger partial charge in [-0.3, -0.25) is 14.4 Å². The second-order valence-corrected chi connectivity index (χ2v) is 6.15. The first-order chi connectivity index (χ1) is 12.0. The van der Waals surface area contributed by atoms with E-state index in [1.54, 1.807) is 30.4 Å². The van der Waals surface area contributed by atoms with Crippen LogP contribution in [0, 0.1) is 6.92 Å². The molecule has 0 aliphatic carbocycles. The fraction of sp³-hybridized carbons (Fsp3) is 0.412. The number of furan rings is 1. The molecule has 3 rings (SSSR count). The number of hydrogen-bond acceptors (Lipinski definition) is 5. The number of carbonyl (C=O) groups excluding carboxylic acids is 2.